The second kappa shape index (κ2) is 10.6. The normalized spacial score (nSPS) is 13.6. The highest BCUT2D eigenvalue weighted by Gasteiger charge is 2.36. The lowest BCUT2D eigenvalue weighted by atomic mass is 10.0. The van der Waals surface area contributed by atoms with Crippen molar-refractivity contribution in [3.05, 3.63) is 95.7 Å². The zero-order chi connectivity index (χ0) is 26.9. The summed E-state index contributed by atoms with van der Waals surface area (Å²) in [6.07, 6.45) is 1.35. The van der Waals surface area contributed by atoms with Crippen LogP contribution in [0.3, 0.4) is 0 Å². The lowest BCUT2D eigenvalue weighted by molar-refractivity contribution is -0.113. The van der Waals surface area contributed by atoms with Crippen molar-refractivity contribution >= 4 is 39.1 Å². The van der Waals surface area contributed by atoms with Gasteiger partial charge in [0.15, 0.2) is 5.16 Å². The molecule has 1 N–H and O–H groups in total. The molecule has 0 radical (unpaired) electrons. The number of sulfonamides is 1. The molecular weight excluding hydrogens is 516 g/mol. The molecule has 1 aliphatic rings. The molecule has 38 heavy (non-hydrogen) atoms. The van der Waals surface area contributed by atoms with Gasteiger partial charge in [0, 0.05) is 11.3 Å². The zero-order valence-electron chi connectivity index (χ0n) is 21.4. The number of fused-ring (bicyclic) bond motifs is 3. The molecule has 0 aliphatic carbocycles. The molecular formula is C29H28N4O3S2. The second-order valence-electron chi connectivity index (χ2n) is 9.50. The first kappa shape index (κ1) is 25.9. The lowest BCUT2D eigenvalue weighted by Crippen LogP contribution is -2.34. The minimum absolute atomic E-state index is 0.0582. The molecule has 2 heterocycles. The van der Waals surface area contributed by atoms with Gasteiger partial charge in [0.1, 0.15) is 4.90 Å². The van der Waals surface area contributed by atoms with E-state index in [0.717, 1.165) is 16.8 Å². The van der Waals surface area contributed by atoms with Gasteiger partial charge in [-0.1, -0.05) is 85.8 Å². The van der Waals surface area contributed by atoms with Crippen LogP contribution in [0.4, 0.5) is 11.4 Å². The maximum atomic E-state index is 13.7. The van der Waals surface area contributed by atoms with Gasteiger partial charge in [-0.2, -0.15) is 0 Å². The molecule has 1 aromatic heterocycles. The summed E-state index contributed by atoms with van der Waals surface area (Å²) >= 11 is 1.17. The maximum absolute atomic E-state index is 13.7. The predicted octanol–water partition coefficient (Wildman–Crippen LogP) is 6.02. The van der Waals surface area contributed by atoms with E-state index in [1.54, 1.807) is 6.07 Å². The smallest absolute Gasteiger partial charge is 0.268 e. The van der Waals surface area contributed by atoms with Gasteiger partial charge in [0.25, 0.3) is 10.0 Å². The molecule has 1 amide bonds. The number of hydrogen-bond donors (Lipinski definition) is 1. The number of benzene rings is 3. The van der Waals surface area contributed by atoms with E-state index < -0.39 is 10.0 Å². The van der Waals surface area contributed by atoms with Crippen LogP contribution < -0.4 is 9.62 Å². The van der Waals surface area contributed by atoms with Crippen molar-refractivity contribution < 1.29 is 13.2 Å². The summed E-state index contributed by atoms with van der Waals surface area (Å²) in [5.41, 5.74) is 5.51. The maximum Gasteiger partial charge on any atom is 0.268 e. The topological polar surface area (TPSA) is 92.3 Å². The van der Waals surface area contributed by atoms with E-state index in [0.29, 0.717) is 28.0 Å². The first-order valence-electron chi connectivity index (χ1n) is 12.3. The number of carbonyl (C=O) groups is 1. The Morgan fingerprint density at radius 3 is 2.53 bits per heavy atom. The van der Waals surface area contributed by atoms with Crippen LogP contribution >= 0.6 is 11.8 Å². The van der Waals surface area contributed by atoms with Gasteiger partial charge in [-0.25, -0.2) is 18.4 Å². The average molecular weight is 545 g/mol. The summed E-state index contributed by atoms with van der Waals surface area (Å²) < 4.78 is 28.8. The Kier molecular flexibility index (Phi) is 7.23. The van der Waals surface area contributed by atoms with Crippen LogP contribution in [0.1, 0.15) is 36.5 Å². The molecule has 0 atom stereocenters. The van der Waals surface area contributed by atoms with Crippen LogP contribution in [0.25, 0.3) is 11.3 Å². The van der Waals surface area contributed by atoms with E-state index in [2.05, 4.69) is 29.1 Å². The summed E-state index contributed by atoms with van der Waals surface area (Å²) in [6, 6.07) is 22.9. The number of nitrogens with zero attached hydrogens (tertiary/aromatic N) is 3. The lowest BCUT2D eigenvalue weighted by Gasteiger charge is -2.31. The molecule has 9 heteroatoms. The van der Waals surface area contributed by atoms with E-state index >= 15 is 0 Å². The number of aromatic nitrogens is 2. The highest BCUT2D eigenvalue weighted by atomic mass is 32.2. The summed E-state index contributed by atoms with van der Waals surface area (Å²) in [6.45, 7) is 6.42. The standard InChI is InChI=1S/C29H28N4O3S2/c1-19(2)22-11-13-23(14-12-22)31-27(34)18-37-29-30-16-26-28(32-29)24-9-4-5-10-25(24)33(38(26,35)36)17-21-8-6-7-20(3)15-21/h4-16,19H,17-18H2,1-3H3,(H,31,34). The average Bonchev–Trinajstić information content (AvgIpc) is 2.90. The minimum Gasteiger partial charge on any atom is -0.325 e. The number of nitrogens with one attached hydrogen (secondary N) is 1. The summed E-state index contributed by atoms with van der Waals surface area (Å²) in [5.74, 6) is 0.324. The molecule has 0 unspecified atom stereocenters. The number of para-hydroxylation sites is 1. The molecule has 0 bridgehead atoms. The van der Waals surface area contributed by atoms with Gasteiger partial charge < -0.3 is 5.32 Å². The van der Waals surface area contributed by atoms with E-state index in [4.69, 9.17) is 0 Å². The molecule has 7 nitrogen and oxygen atoms in total. The monoisotopic (exact) mass is 544 g/mol. The third-order valence-electron chi connectivity index (χ3n) is 6.33. The molecule has 0 saturated carbocycles. The van der Waals surface area contributed by atoms with Gasteiger partial charge in [-0.15, -0.1) is 0 Å². The highest BCUT2D eigenvalue weighted by molar-refractivity contribution is 7.99. The van der Waals surface area contributed by atoms with Crippen molar-refractivity contribution in [3.8, 4) is 11.3 Å². The fourth-order valence-electron chi connectivity index (χ4n) is 4.37. The Labute approximate surface area is 227 Å². The molecule has 3 aromatic carbocycles. The third-order valence-corrected chi connectivity index (χ3v) is 8.95. The van der Waals surface area contributed by atoms with Crippen LogP contribution in [-0.2, 0) is 21.4 Å². The van der Waals surface area contributed by atoms with Crippen LogP contribution in [0, 0.1) is 6.92 Å². The zero-order valence-corrected chi connectivity index (χ0v) is 23.0. The van der Waals surface area contributed by atoms with Gasteiger partial charge in [0.2, 0.25) is 5.91 Å². The SMILES string of the molecule is Cc1cccc(CN2c3ccccc3-c3nc(SCC(=O)Nc4ccc(C(C)C)cc4)ncc3S2(=O)=O)c1. The Balaban J connectivity index is 1.37. The van der Waals surface area contributed by atoms with Crippen molar-refractivity contribution in [3.63, 3.8) is 0 Å². The number of thioether (sulfide) groups is 1. The highest BCUT2D eigenvalue weighted by Crippen LogP contribution is 2.42. The van der Waals surface area contributed by atoms with Crippen LogP contribution in [0.2, 0.25) is 0 Å². The molecule has 0 fully saturated rings. The molecule has 0 saturated heterocycles. The Bertz CT molecular complexity index is 1600. The number of rotatable bonds is 7. The largest absolute Gasteiger partial charge is 0.325 e. The number of carbonyl (C=O) groups excluding carboxylic acids is 1. The quantitative estimate of drug-likeness (QED) is 0.226. The first-order valence-corrected chi connectivity index (χ1v) is 14.7. The number of anilines is 2. The van der Waals surface area contributed by atoms with Crippen LogP contribution in [-0.4, -0.2) is 30.0 Å². The molecule has 0 spiro atoms. The van der Waals surface area contributed by atoms with Crippen molar-refractivity contribution in [1.29, 1.82) is 0 Å². The molecule has 4 aromatic rings. The van der Waals surface area contributed by atoms with E-state index in [-0.39, 0.29) is 23.1 Å². The van der Waals surface area contributed by atoms with Gasteiger partial charge in [0.05, 0.1) is 29.9 Å². The number of hydrogen-bond acceptors (Lipinski definition) is 6. The van der Waals surface area contributed by atoms with Crippen molar-refractivity contribution in [1.82, 2.24) is 9.97 Å². The van der Waals surface area contributed by atoms with Crippen LogP contribution in [0.5, 0.6) is 0 Å². The van der Waals surface area contributed by atoms with E-state index in [9.17, 15) is 13.2 Å². The van der Waals surface area contributed by atoms with E-state index in [1.807, 2.05) is 73.7 Å². The van der Waals surface area contributed by atoms with Gasteiger partial charge in [-0.05, 0) is 42.2 Å². The minimum atomic E-state index is -3.89. The predicted molar refractivity (Wildman–Crippen MR) is 152 cm³/mol. The Hall–Kier alpha value is -3.69. The summed E-state index contributed by atoms with van der Waals surface area (Å²) in [5, 5.41) is 3.22. The Morgan fingerprint density at radius 2 is 1.79 bits per heavy atom. The van der Waals surface area contributed by atoms with Crippen molar-refractivity contribution in [2.45, 2.75) is 43.3 Å². The summed E-state index contributed by atoms with van der Waals surface area (Å²) in [7, 11) is -3.89. The second-order valence-corrected chi connectivity index (χ2v) is 12.3. The molecule has 5 rings (SSSR count). The molecule has 1 aliphatic heterocycles. The van der Waals surface area contributed by atoms with Crippen molar-refractivity contribution in [2.24, 2.45) is 0 Å². The van der Waals surface area contributed by atoms with Crippen molar-refractivity contribution in [2.75, 3.05) is 15.4 Å². The number of amides is 1. The third kappa shape index (κ3) is 5.30. The summed E-state index contributed by atoms with van der Waals surface area (Å²) in [4.78, 5) is 21.5. The van der Waals surface area contributed by atoms with Gasteiger partial charge in [-0.3, -0.25) is 9.10 Å². The van der Waals surface area contributed by atoms with E-state index in [1.165, 1.54) is 27.8 Å². The fourth-order valence-corrected chi connectivity index (χ4v) is 6.55. The van der Waals surface area contributed by atoms with Gasteiger partial charge >= 0.3 is 0 Å². The first-order chi connectivity index (χ1) is 18.2. The Morgan fingerprint density at radius 1 is 1.03 bits per heavy atom. The fraction of sp³-hybridized carbons (Fsp3) is 0.207. The van der Waals surface area contributed by atoms with Crippen LogP contribution in [0.15, 0.2) is 89.0 Å². The number of aryl methyl sites for hydroxylation is 1. The molecule has 194 valence electrons.